The van der Waals surface area contributed by atoms with Crippen molar-refractivity contribution in [3.05, 3.63) is 119 Å². The van der Waals surface area contributed by atoms with Crippen molar-refractivity contribution in [1.82, 2.24) is 5.32 Å². The van der Waals surface area contributed by atoms with Gasteiger partial charge in [0.1, 0.15) is 5.75 Å². The van der Waals surface area contributed by atoms with Gasteiger partial charge in [-0.3, -0.25) is 9.59 Å². The maximum atomic E-state index is 12.8. The van der Waals surface area contributed by atoms with Crippen LogP contribution in [-0.2, 0) is 19.5 Å². The largest absolute Gasteiger partial charge is 0.573 e. The highest BCUT2D eigenvalue weighted by Gasteiger charge is 2.31. The highest BCUT2D eigenvalue weighted by atomic mass is 19.4. The lowest BCUT2D eigenvalue weighted by Crippen LogP contribution is -2.29. The number of alkyl halides is 3. The Morgan fingerprint density at radius 2 is 1.68 bits per heavy atom. The van der Waals surface area contributed by atoms with Crippen LogP contribution in [0, 0.1) is 0 Å². The molecule has 0 bridgehead atoms. The molecule has 0 fully saturated rings. The van der Waals surface area contributed by atoms with Crippen molar-refractivity contribution in [2.75, 3.05) is 11.4 Å². The van der Waals surface area contributed by atoms with Crippen LogP contribution in [0.5, 0.6) is 5.75 Å². The first-order chi connectivity index (χ1) is 19.7. The third-order valence-electron chi connectivity index (χ3n) is 6.97. The smallest absolute Gasteiger partial charge is 0.406 e. The van der Waals surface area contributed by atoms with Gasteiger partial charge >= 0.3 is 6.36 Å². The summed E-state index contributed by atoms with van der Waals surface area (Å²) in [6.07, 6.45) is -3.00. The number of nitrogens with two attached hydrogens (primary N) is 1. The number of anilines is 1. The fraction of sp³-hybridized carbons (Fsp3) is 0.188. The molecule has 0 unspecified atom stereocenters. The lowest BCUT2D eigenvalue weighted by atomic mass is 9.97. The first-order valence-electron chi connectivity index (χ1n) is 13.2. The van der Waals surface area contributed by atoms with Crippen LogP contribution in [0.2, 0.25) is 0 Å². The van der Waals surface area contributed by atoms with Crippen LogP contribution in [0.15, 0.2) is 91.0 Å². The molecule has 0 saturated carbocycles. The van der Waals surface area contributed by atoms with Gasteiger partial charge in [-0.15, -0.1) is 13.2 Å². The SMILES string of the molecule is NC(=O)c1ccccc1-c1ccc(CN2CCCc3cc(C(=O)NCc4cccc(OC(F)(F)F)c4)ccc32)cc1. The van der Waals surface area contributed by atoms with Crippen LogP contribution in [0.1, 0.15) is 43.8 Å². The highest BCUT2D eigenvalue weighted by Crippen LogP contribution is 2.31. The second-order valence-electron chi connectivity index (χ2n) is 9.85. The molecule has 4 aromatic rings. The Hall–Kier alpha value is -4.79. The number of nitrogens with one attached hydrogen (secondary N) is 1. The van der Waals surface area contributed by atoms with E-state index in [9.17, 15) is 22.8 Å². The highest BCUT2D eigenvalue weighted by molar-refractivity contribution is 5.99. The lowest BCUT2D eigenvalue weighted by Gasteiger charge is -2.32. The van der Waals surface area contributed by atoms with Gasteiger partial charge in [-0.05, 0) is 77.1 Å². The van der Waals surface area contributed by atoms with Crippen LogP contribution < -0.4 is 20.7 Å². The second kappa shape index (κ2) is 11.8. The molecule has 1 heterocycles. The Morgan fingerprint density at radius 3 is 2.44 bits per heavy atom. The van der Waals surface area contributed by atoms with E-state index in [2.05, 4.69) is 15.0 Å². The van der Waals surface area contributed by atoms with Crippen molar-refractivity contribution in [2.45, 2.75) is 32.3 Å². The first kappa shape index (κ1) is 27.8. The fourth-order valence-corrected chi connectivity index (χ4v) is 5.08. The van der Waals surface area contributed by atoms with Crippen molar-refractivity contribution in [2.24, 2.45) is 5.73 Å². The molecule has 4 aromatic carbocycles. The molecule has 0 atom stereocenters. The van der Waals surface area contributed by atoms with E-state index in [1.165, 1.54) is 18.2 Å². The number of carbonyl (C=O) groups excluding carboxylic acids is 2. The van der Waals surface area contributed by atoms with Crippen LogP contribution in [0.3, 0.4) is 0 Å². The fourth-order valence-electron chi connectivity index (χ4n) is 5.08. The summed E-state index contributed by atoms with van der Waals surface area (Å²) < 4.78 is 41.5. The summed E-state index contributed by atoms with van der Waals surface area (Å²) in [6, 6.07) is 26.4. The molecule has 0 aromatic heterocycles. The quantitative estimate of drug-likeness (QED) is 0.268. The van der Waals surface area contributed by atoms with E-state index in [1.54, 1.807) is 24.3 Å². The van der Waals surface area contributed by atoms with Crippen molar-refractivity contribution in [3.63, 3.8) is 0 Å². The van der Waals surface area contributed by atoms with Crippen LogP contribution in [-0.4, -0.2) is 24.7 Å². The zero-order chi connectivity index (χ0) is 29.0. The maximum absolute atomic E-state index is 12.8. The zero-order valence-corrected chi connectivity index (χ0v) is 22.1. The van der Waals surface area contributed by atoms with Crippen LogP contribution in [0.4, 0.5) is 18.9 Å². The predicted octanol–water partition coefficient (Wildman–Crippen LogP) is 6.23. The average molecular weight is 560 g/mol. The molecule has 0 spiro atoms. The molecular formula is C32H28F3N3O3. The van der Waals surface area contributed by atoms with Crippen LogP contribution in [0.25, 0.3) is 11.1 Å². The van der Waals surface area contributed by atoms with E-state index in [1.807, 2.05) is 48.5 Å². The molecule has 3 N–H and O–H groups in total. The van der Waals surface area contributed by atoms with E-state index >= 15 is 0 Å². The third-order valence-corrected chi connectivity index (χ3v) is 6.97. The average Bonchev–Trinajstić information content (AvgIpc) is 2.95. The summed E-state index contributed by atoms with van der Waals surface area (Å²) in [7, 11) is 0. The van der Waals surface area contributed by atoms with Gasteiger partial charge in [-0.2, -0.15) is 0 Å². The summed E-state index contributed by atoms with van der Waals surface area (Å²) in [5.74, 6) is -1.10. The molecule has 2 amide bonds. The summed E-state index contributed by atoms with van der Waals surface area (Å²) >= 11 is 0. The topological polar surface area (TPSA) is 84.7 Å². The van der Waals surface area contributed by atoms with E-state index < -0.39 is 12.3 Å². The van der Waals surface area contributed by atoms with Crippen molar-refractivity contribution < 1.29 is 27.5 Å². The maximum Gasteiger partial charge on any atom is 0.573 e. The van der Waals surface area contributed by atoms with Crippen molar-refractivity contribution in [3.8, 4) is 16.9 Å². The van der Waals surface area contributed by atoms with E-state index in [0.29, 0.717) is 23.2 Å². The normalized spacial score (nSPS) is 12.9. The number of halogens is 3. The minimum Gasteiger partial charge on any atom is -0.406 e. The van der Waals surface area contributed by atoms with Crippen molar-refractivity contribution in [1.29, 1.82) is 0 Å². The van der Waals surface area contributed by atoms with Gasteiger partial charge in [-0.1, -0.05) is 54.6 Å². The molecule has 6 nitrogen and oxygen atoms in total. The monoisotopic (exact) mass is 559 g/mol. The Morgan fingerprint density at radius 1 is 0.902 bits per heavy atom. The molecule has 210 valence electrons. The van der Waals surface area contributed by atoms with E-state index in [-0.39, 0.29) is 18.2 Å². The number of rotatable bonds is 8. The molecule has 1 aliphatic heterocycles. The first-order valence-corrected chi connectivity index (χ1v) is 13.2. The summed E-state index contributed by atoms with van der Waals surface area (Å²) in [4.78, 5) is 26.9. The minimum atomic E-state index is -4.78. The minimum absolute atomic E-state index is 0.0665. The standard InChI is InChI=1S/C32H28F3N3O3/c33-32(34,35)41-26-7-3-5-22(17-26)19-37-31(40)25-14-15-29-24(18-25)6-4-16-38(29)20-21-10-12-23(13-11-21)27-8-1-2-9-28(27)30(36)39/h1-3,5,7-15,17-18H,4,6,16,19-20H2,(H2,36,39)(H,37,40). The summed E-state index contributed by atoms with van der Waals surface area (Å²) in [5, 5.41) is 2.77. The Bertz CT molecular complexity index is 1570. The predicted molar refractivity (Wildman–Crippen MR) is 151 cm³/mol. The number of benzene rings is 4. The van der Waals surface area contributed by atoms with Gasteiger partial charge in [0.2, 0.25) is 5.91 Å². The van der Waals surface area contributed by atoms with Gasteiger partial charge in [0, 0.05) is 36.4 Å². The summed E-state index contributed by atoms with van der Waals surface area (Å²) in [5.41, 5.74) is 11.9. The lowest BCUT2D eigenvalue weighted by molar-refractivity contribution is -0.274. The number of amides is 2. The number of hydrogen-bond acceptors (Lipinski definition) is 4. The Balaban J connectivity index is 1.24. The van der Waals surface area contributed by atoms with Crippen LogP contribution >= 0.6 is 0 Å². The number of fused-ring (bicyclic) bond motifs is 1. The zero-order valence-electron chi connectivity index (χ0n) is 22.1. The summed E-state index contributed by atoms with van der Waals surface area (Å²) in [6.45, 7) is 1.63. The van der Waals surface area contributed by atoms with Gasteiger partial charge in [0.15, 0.2) is 0 Å². The van der Waals surface area contributed by atoms with Gasteiger partial charge in [-0.25, -0.2) is 0 Å². The molecule has 5 rings (SSSR count). The molecule has 1 aliphatic rings. The third kappa shape index (κ3) is 6.87. The number of primary amides is 1. The van der Waals surface area contributed by atoms with Gasteiger partial charge in [0.25, 0.3) is 5.91 Å². The van der Waals surface area contributed by atoms with E-state index in [4.69, 9.17) is 5.73 Å². The van der Waals surface area contributed by atoms with Crippen molar-refractivity contribution >= 4 is 17.5 Å². The molecule has 9 heteroatoms. The van der Waals surface area contributed by atoms with Gasteiger partial charge in [0.05, 0.1) is 0 Å². The molecule has 41 heavy (non-hydrogen) atoms. The molecule has 0 saturated heterocycles. The number of aryl methyl sites for hydroxylation is 1. The Labute approximate surface area is 235 Å². The molecule has 0 aliphatic carbocycles. The second-order valence-corrected chi connectivity index (χ2v) is 9.85. The van der Waals surface area contributed by atoms with Gasteiger partial charge < -0.3 is 20.7 Å². The number of nitrogens with zero attached hydrogens (tertiary/aromatic N) is 1. The number of hydrogen-bond donors (Lipinski definition) is 2. The van der Waals surface area contributed by atoms with E-state index in [0.717, 1.165) is 47.3 Å². The molecule has 0 radical (unpaired) electrons. The molecular weight excluding hydrogens is 531 g/mol. The number of ether oxygens (including phenoxy) is 1. The number of carbonyl (C=O) groups is 2. The Kier molecular flexibility index (Phi) is 7.96.